The normalized spacial score (nSPS) is 50.7. The lowest BCUT2D eigenvalue weighted by Crippen LogP contribution is -2.34. The quantitative estimate of drug-likeness (QED) is 0.568. The van der Waals surface area contributed by atoms with Gasteiger partial charge in [0.15, 0.2) is 0 Å². The van der Waals surface area contributed by atoms with Crippen molar-refractivity contribution in [2.75, 3.05) is 0 Å². The molecule has 0 aromatic carbocycles. The third kappa shape index (κ3) is 1.01. The minimum absolute atomic E-state index is 0.00722. The van der Waals surface area contributed by atoms with Crippen molar-refractivity contribution in [3.63, 3.8) is 0 Å². The standard InChI is InChI=1S/C10H18O/c1-10-7-3-2-4-8(10)5-6-9(10)11/h8-9,11H,2-7H2,1H3/t8?,9?,10-/m1/s1. The zero-order valence-corrected chi connectivity index (χ0v) is 7.34. The van der Waals surface area contributed by atoms with Crippen LogP contribution >= 0.6 is 0 Å². The van der Waals surface area contributed by atoms with Gasteiger partial charge in [0.1, 0.15) is 0 Å². The molecule has 2 fully saturated rings. The molecule has 0 aromatic rings. The zero-order valence-electron chi connectivity index (χ0n) is 7.34. The van der Waals surface area contributed by atoms with Crippen LogP contribution in [0, 0.1) is 11.3 Å². The molecule has 0 radical (unpaired) electrons. The first-order chi connectivity index (χ1) is 5.23. The van der Waals surface area contributed by atoms with E-state index < -0.39 is 0 Å². The van der Waals surface area contributed by atoms with E-state index in [-0.39, 0.29) is 6.10 Å². The molecule has 2 aliphatic carbocycles. The summed E-state index contributed by atoms with van der Waals surface area (Å²) in [5, 5.41) is 9.78. The van der Waals surface area contributed by atoms with Gasteiger partial charge in [-0.25, -0.2) is 0 Å². The van der Waals surface area contributed by atoms with Gasteiger partial charge in [-0.3, -0.25) is 0 Å². The van der Waals surface area contributed by atoms with E-state index in [1.165, 1.54) is 32.1 Å². The van der Waals surface area contributed by atoms with Gasteiger partial charge in [0.25, 0.3) is 0 Å². The van der Waals surface area contributed by atoms with E-state index in [2.05, 4.69) is 6.92 Å². The number of fused-ring (bicyclic) bond motifs is 1. The summed E-state index contributed by atoms with van der Waals surface area (Å²) in [7, 11) is 0. The van der Waals surface area contributed by atoms with Crippen LogP contribution in [0.5, 0.6) is 0 Å². The van der Waals surface area contributed by atoms with Gasteiger partial charge in [-0.1, -0.05) is 19.8 Å². The third-order valence-electron chi connectivity index (χ3n) is 4.00. The Kier molecular flexibility index (Phi) is 1.71. The SMILES string of the molecule is C[C@@]12CCCCC1CCC2O. The first-order valence-corrected chi connectivity index (χ1v) is 4.91. The summed E-state index contributed by atoms with van der Waals surface area (Å²) >= 11 is 0. The molecule has 0 heterocycles. The number of rotatable bonds is 0. The van der Waals surface area contributed by atoms with Crippen molar-refractivity contribution in [1.29, 1.82) is 0 Å². The van der Waals surface area contributed by atoms with Crippen LogP contribution in [0.25, 0.3) is 0 Å². The van der Waals surface area contributed by atoms with Crippen LogP contribution in [0.2, 0.25) is 0 Å². The van der Waals surface area contributed by atoms with Gasteiger partial charge in [0, 0.05) is 0 Å². The first kappa shape index (κ1) is 7.60. The van der Waals surface area contributed by atoms with Crippen molar-refractivity contribution in [2.45, 2.75) is 51.6 Å². The average molecular weight is 154 g/mol. The fraction of sp³-hybridized carbons (Fsp3) is 1.00. The Hall–Kier alpha value is -0.0400. The second kappa shape index (κ2) is 2.48. The van der Waals surface area contributed by atoms with Crippen LogP contribution < -0.4 is 0 Å². The van der Waals surface area contributed by atoms with Crippen molar-refractivity contribution in [1.82, 2.24) is 0 Å². The molecule has 1 nitrogen and oxygen atoms in total. The Morgan fingerprint density at radius 3 is 2.73 bits per heavy atom. The molecule has 0 spiro atoms. The molecule has 11 heavy (non-hydrogen) atoms. The molecular weight excluding hydrogens is 136 g/mol. The molecule has 3 atom stereocenters. The maximum atomic E-state index is 9.78. The van der Waals surface area contributed by atoms with E-state index in [1.54, 1.807) is 0 Å². The Bertz CT molecular complexity index is 153. The lowest BCUT2D eigenvalue weighted by atomic mass is 9.69. The molecule has 2 saturated carbocycles. The van der Waals surface area contributed by atoms with E-state index in [1.807, 2.05) is 0 Å². The third-order valence-corrected chi connectivity index (χ3v) is 4.00. The van der Waals surface area contributed by atoms with Crippen LogP contribution in [0.4, 0.5) is 0 Å². The molecule has 64 valence electrons. The monoisotopic (exact) mass is 154 g/mol. The van der Waals surface area contributed by atoms with Crippen LogP contribution in [-0.4, -0.2) is 11.2 Å². The van der Waals surface area contributed by atoms with Crippen molar-refractivity contribution in [3.8, 4) is 0 Å². The second-order valence-corrected chi connectivity index (χ2v) is 4.54. The fourth-order valence-corrected chi connectivity index (χ4v) is 3.03. The highest BCUT2D eigenvalue weighted by Crippen LogP contribution is 2.51. The summed E-state index contributed by atoms with van der Waals surface area (Å²) in [4.78, 5) is 0. The summed E-state index contributed by atoms with van der Waals surface area (Å²) in [6.45, 7) is 2.29. The molecule has 0 aliphatic heterocycles. The molecule has 0 amide bonds. The minimum Gasteiger partial charge on any atom is -0.393 e. The van der Waals surface area contributed by atoms with E-state index in [0.29, 0.717) is 5.41 Å². The molecule has 2 unspecified atom stereocenters. The van der Waals surface area contributed by atoms with Gasteiger partial charge < -0.3 is 5.11 Å². The molecule has 0 saturated heterocycles. The topological polar surface area (TPSA) is 20.2 Å². The lowest BCUT2D eigenvalue weighted by molar-refractivity contribution is 0.0138. The van der Waals surface area contributed by atoms with E-state index in [0.717, 1.165) is 12.3 Å². The molecule has 1 N–H and O–H groups in total. The van der Waals surface area contributed by atoms with Gasteiger partial charge in [-0.2, -0.15) is 0 Å². The van der Waals surface area contributed by atoms with Gasteiger partial charge in [0.05, 0.1) is 6.10 Å². The average Bonchev–Trinajstić information content (AvgIpc) is 2.29. The predicted octanol–water partition coefficient (Wildman–Crippen LogP) is 2.34. The molecular formula is C10H18O. The van der Waals surface area contributed by atoms with Gasteiger partial charge in [0.2, 0.25) is 0 Å². The molecule has 2 rings (SSSR count). The second-order valence-electron chi connectivity index (χ2n) is 4.54. The van der Waals surface area contributed by atoms with E-state index >= 15 is 0 Å². The predicted molar refractivity (Wildman–Crippen MR) is 45.3 cm³/mol. The fourth-order valence-electron chi connectivity index (χ4n) is 3.03. The molecule has 1 heteroatoms. The summed E-state index contributed by atoms with van der Waals surface area (Å²) in [6, 6.07) is 0. The van der Waals surface area contributed by atoms with Crippen LogP contribution in [0.15, 0.2) is 0 Å². The van der Waals surface area contributed by atoms with Crippen molar-refractivity contribution in [2.24, 2.45) is 11.3 Å². The first-order valence-electron chi connectivity index (χ1n) is 4.91. The van der Waals surface area contributed by atoms with Crippen LogP contribution in [-0.2, 0) is 0 Å². The number of aliphatic hydroxyl groups is 1. The van der Waals surface area contributed by atoms with E-state index in [9.17, 15) is 5.11 Å². The maximum absolute atomic E-state index is 9.78. The summed E-state index contributed by atoms with van der Waals surface area (Å²) < 4.78 is 0. The van der Waals surface area contributed by atoms with Crippen LogP contribution in [0.1, 0.15) is 45.4 Å². The summed E-state index contributed by atoms with van der Waals surface area (Å²) in [5.74, 6) is 0.839. The van der Waals surface area contributed by atoms with Gasteiger partial charge >= 0.3 is 0 Å². The Balaban J connectivity index is 2.16. The summed E-state index contributed by atoms with van der Waals surface area (Å²) in [6.07, 6.45) is 7.70. The molecule has 2 aliphatic rings. The largest absolute Gasteiger partial charge is 0.393 e. The number of hydrogen-bond acceptors (Lipinski definition) is 1. The van der Waals surface area contributed by atoms with E-state index in [4.69, 9.17) is 0 Å². The Labute approximate surface area is 68.8 Å². The van der Waals surface area contributed by atoms with Crippen LogP contribution in [0.3, 0.4) is 0 Å². The van der Waals surface area contributed by atoms with Gasteiger partial charge in [-0.15, -0.1) is 0 Å². The maximum Gasteiger partial charge on any atom is 0.0596 e. The number of aliphatic hydroxyl groups excluding tert-OH is 1. The van der Waals surface area contributed by atoms with Crippen molar-refractivity contribution >= 4 is 0 Å². The van der Waals surface area contributed by atoms with Crippen molar-refractivity contribution < 1.29 is 5.11 Å². The van der Waals surface area contributed by atoms with Gasteiger partial charge in [-0.05, 0) is 37.0 Å². The highest BCUT2D eigenvalue weighted by Gasteiger charge is 2.46. The molecule has 0 bridgehead atoms. The molecule has 0 aromatic heterocycles. The smallest absolute Gasteiger partial charge is 0.0596 e. The van der Waals surface area contributed by atoms with Crippen molar-refractivity contribution in [3.05, 3.63) is 0 Å². The lowest BCUT2D eigenvalue weighted by Gasteiger charge is -2.38. The zero-order chi connectivity index (χ0) is 7.90. The highest BCUT2D eigenvalue weighted by atomic mass is 16.3. The number of hydrogen-bond donors (Lipinski definition) is 1. The highest BCUT2D eigenvalue weighted by molar-refractivity contribution is 4.96. The minimum atomic E-state index is 0.00722. The summed E-state index contributed by atoms with van der Waals surface area (Å²) in [5.41, 5.74) is 0.304. The Morgan fingerprint density at radius 2 is 2.00 bits per heavy atom. The Morgan fingerprint density at radius 1 is 1.18 bits per heavy atom.